The SMILES string of the molecule is C[C@@H]1C[C@@H](c2ccc(C3=NC3)c3ncccc23)CN(CC(=O)NCCN2CCN(C)CC2)C1. The van der Waals surface area contributed by atoms with E-state index in [1.54, 1.807) is 0 Å². The lowest BCUT2D eigenvalue weighted by Crippen LogP contribution is -2.48. The molecule has 2 aromatic rings. The van der Waals surface area contributed by atoms with E-state index < -0.39 is 0 Å². The highest BCUT2D eigenvalue weighted by Gasteiger charge is 2.29. The van der Waals surface area contributed by atoms with Crippen LogP contribution in [0.4, 0.5) is 0 Å². The largest absolute Gasteiger partial charge is 0.354 e. The molecule has 7 nitrogen and oxygen atoms in total. The van der Waals surface area contributed by atoms with Gasteiger partial charge in [0.2, 0.25) is 5.91 Å². The zero-order chi connectivity index (χ0) is 22.8. The zero-order valence-electron chi connectivity index (χ0n) is 20.0. The van der Waals surface area contributed by atoms with Gasteiger partial charge >= 0.3 is 0 Å². The molecule has 33 heavy (non-hydrogen) atoms. The second kappa shape index (κ2) is 9.87. The monoisotopic (exact) mass is 448 g/mol. The molecular weight excluding hydrogens is 412 g/mol. The molecule has 0 aliphatic carbocycles. The number of nitrogens with zero attached hydrogens (tertiary/aromatic N) is 5. The van der Waals surface area contributed by atoms with Gasteiger partial charge in [0.1, 0.15) is 0 Å². The molecule has 1 aromatic carbocycles. The van der Waals surface area contributed by atoms with Crippen molar-refractivity contribution in [1.82, 2.24) is 25.0 Å². The molecule has 0 bridgehead atoms. The maximum atomic E-state index is 12.7. The normalized spacial score (nSPS) is 24.6. The number of amides is 1. The lowest BCUT2D eigenvalue weighted by Gasteiger charge is -2.37. The molecule has 7 heteroatoms. The Morgan fingerprint density at radius 2 is 1.94 bits per heavy atom. The number of fused-ring (bicyclic) bond motifs is 1. The van der Waals surface area contributed by atoms with Crippen LogP contribution in [0.1, 0.15) is 30.4 Å². The van der Waals surface area contributed by atoms with Crippen molar-refractivity contribution in [1.29, 1.82) is 0 Å². The number of aromatic nitrogens is 1. The van der Waals surface area contributed by atoms with E-state index in [2.05, 4.69) is 57.2 Å². The Morgan fingerprint density at radius 3 is 2.73 bits per heavy atom. The van der Waals surface area contributed by atoms with Crippen molar-refractivity contribution in [2.45, 2.75) is 19.3 Å². The van der Waals surface area contributed by atoms with E-state index in [9.17, 15) is 4.79 Å². The van der Waals surface area contributed by atoms with Crippen LogP contribution >= 0.6 is 0 Å². The Kier molecular flexibility index (Phi) is 6.71. The highest BCUT2D eigenvalue weighted by atomic mass is 16.2. The molecular formula is C26H36N6O. The standard InChI is InChI=1S/C26H36N6O/c1-19-14-20(21-5-6-23(24-15-29-24)26-22(21)4-3-7-28-26)17-32(16-19)18-25(33)27-8-9-31-12-10-30(2)11-13-31/h3-7,19-20H,8-18H2,1-2H3,(H,27,33)/t19-,20-/m1/s1. The second-order valence-electron chi connectivity index (χ2n) is 10.1. The van der Waals surface area contributed by atoms with E-state index >= 15 is 0 Å². The lowest BCUT2D eigenvalue weighted by atomic mass is 9.83. The minimum absolute atomic E-state index is 0.144. The number of nitrogens with one attached hydrogen (secondary N) is 1. The predicted octanol–water partition coefficient (Wildman–Crippen LogP) is 1.83. The van der Waals surface area contributed by atoms with Gasteiger partial charge in [-0.05, 0) is 36.9 Å². The summed E-state index contributed by atoms with van der Waals surface area (Å²) in [7, 11) is 2.17. The number of carbonyl (C=O) groups excluding carboxylic acids is 1. The zero-order valence-corrected chi connectivity index (χ0v) is 20.0. The summed E-state index contributed by atoms with van der Waals surface area (Å²) in [6, 6.07) is 8.70. The summed E-state index contributed by atoms with van der Waals surface area (Å²) in [6.45, 7) is 11.6. The number of rotatable bonds is 7. The molecule has 176 valence electrons. The molecule has 2 fully saturated rings. The van der Waals surface area contributed by atoms with Gasteiger partial charge in [-0.15, -0.1) is 0 Å². The number of carbonyl (C=O) groups is 1. The molecule has 0 radical (unpaired) electrons. The second-order valence-corrected chi connectivity index (χ2v) is 10.1. The van der Waals surface area contributed by atoms with E-state index in [1.165, 1.54) is 16.5 Å². The fraction of sp³-hybridized carbons (Fsp3) is 0.577. The van der Waals surface area contributed by atoms with Gasteiger partial charge in [-0.1, -0.05) is 25.1 Å². The summed E-state index contributed by atoms with van der Waals surface area (Å²) in [5.74, 6) is 1.11. The van der Waals surface area contributed by atoms with Crippen LogP contribution in [0.15, 0.2) is 35.5 Å². The summed E-state index contributed by atoms with van der Waals surface area (Å²) < 4.78 is 0. The van der Waals surface area contributed by atoms with Gasteiger partial charge in [0.15, 0.2) is 0 Å². The quantitative estimate of drug-likeness (QED) is 0.700. The maximum absolute atomic E-state index is 12.7. The Labute approximate surface area is 196 Å². The third kappa shape index (κ3) is 5.42. The highest BCUT2D eigenvalue weighted by Crippen LogP contribution is 2.35. The molecule has 0 unspecified atom stereocenters. The number of hydrogen-bond donors (Lipinski definition) is 1. The number of aliphatic imine (C=N–C) groups is 1. The van der Waals surface area contributed by atoms with Crippen LogP contribution in [-0.4, -0.2) is 104 Å². The van der Waals surface area contributed by atoms with Crippen molar-refractivity contribution in [3.63, 3.8) is 0 Å². The van der Waals surface area contributed by atoms with Crippen LogP contribution in [-0.2, 0) is 4.79 Å². The molecule has 4 heterocycles. The minimum atomic E-state index is 0.144. The Hall–Kier alpha value is -2.35. The van der Waals surface area contributed by atoms with Crippen molar-refractivity contribution < 1.29 is 4.79 Å². The third-order valence-corrected chi connectivity index (χ3v) is 7.32. The van der Waals surface area contributed by atoms with Crippen LogP contribution in [0.2, 0.25) is 0 Å². The molecule has 1 amide bonds. The lowest BCUT2D eigenvalue weighted by molar-refractivity contribution is -0.122. The van der Waals surface area contributed by atoms with Crippen LogP contribution in [0.3, 0.4) is 0 Å². The first-order valence-corrected chi connectivity index (χ1v) is 12.4. The molecule has 5 rings (SSSR count). The molecule has 3 aliphatic rings. The van der Waals surface area contributed by atoms with Gasteiger partial charge in [-0.25, -0.2) is 0 Å². The Morgan fingerprint density at radius 1 is 1.12 bits per heavy atom. The maximum Gasteiger partial charge on any atom is 0.234 e. The summed E-state index contributed by atoms with van der Waals surface area (Å²) >= 11 is 0. The van der Waals surface area contributed by atoms with Crippen LogP contribution in [0, 0.1) is 5.92 Å². The number of likely N-dealkylation sites (N-methyl/N-ethyl adjacent to an activating group) is 1. The van der Waals surface area contributed by atoms with E-state index in [-0.39, 0.29) is 5.91 Å². The summed E-state index contributed by atoms with van der Waals surface area (Å²) in [4.78, 5) is 28.9. The molecule has 3 aliphatic heterocycles. The molecule has 1 N–H and O–H groups in total. The first-order chi connectivity index (χ1) is 16.1. The van der Waals surface area contributed by atoms with Gasteiger partial charge in [0.05, 0.1) is 24.3 Å². The smallest absolute Gasteiger partial charge is 0.234 e. The first kappa shape index (κ1) is 22.4. The molecule has 0 saturated carbocycles. The van der Waals surface area contributed by atoms with E-state index in [1.807, 2.05) is 12.3 Å². The number of benzene rings is 1. The van der Waals surface area contributed by atoms with Crippen molar-refractivity contribution in [3.8, 4) is 0 Å². The van der Waals surface area contributed by atoms with Gasteiger partial charge in [0, 0.05) is 69.5 Å². The van der Waals surface area contributed by atoms with Gasteiger partial charge in [-0.2, -0.15) is 0 Å². The van der Waals surface area contributed by atoms with Gasteiger partial charge in [0.25, 0.3) is 0 Å². The number of likely N-dealkylation sites (tertiary alicyclic amines) is 1. The molecule has 1 aromatic heterocycles. The van der Waals surface area contributed by atoms with Crippen LogP contribution in [0.5, 0.6) is 0 Å². The minimum Gasteiger partial charge on any atom is -0.354 e. The average molecular weight is 449 g/mol. The average Bonchev–Trinajstić information content (AvgIpc) is 3.64. The molecule has 2 atom stereocenters. The number of pyridine rings is 1. The summed E-state index contributed by atoms with van der Waals surface area (Å²) in [5, 5.41) is 4.39. The van der Waals surface area contributed by atoms with Crippen molar-refractivity contribution in [3.05, 3.63) is 41.6 Å². The predicted molar refractivity (Wildman–Crippen MR) is 133 cm³/mol. The highest BCUT2D eigenvalue weighted by molar-refractivity contribution is 6.17. The number of hydrogen-bond acceptors (Lipinski definition) is 6. The fourth-order valence-corrected chi connectivity index (χ4v) is 5.49. The topological polar surface area (TPSA) is 64.1 Å². The fourth-order valence-electron chi connectivity index (χ4n) is 5.49. The van der Waals surface area contributed by atoms with Gasteiger partial charge in [-0.3, -0.25) is 24.6 Å². The Bertz CT molecular complexity index is 1030. The van der Waals surface area contributed by atoms with E-state index in [0.29, 0.717) is 18.4 Å². The Balaban J connectivity index is 1.20. The van der Waals surface area contributed by atoms with Crippen molar-refractivity contribution in [2.24, 2.45) is 10.9 Å². The van der Waals surface area contributed by atoms with Crippen LogP contribution in [0.25, 0.3) is 10.9 Å². The van der Waals surface area contributed by atoms with Gasteiger partial charge < -0.3 is 10.2 Å². The third-order valence-electron chi connectivity index (χ3n) is 7.32. The van der Waals surface area contributed by atoms with Crippen molar-refractivity contribution >= 4 is 22.5 Å². The molecule has 0 spiro atoms. The summed E-state index contributed by atoms with van der Waals surface area (Å²) in [6.07, 6.45) is 3.02. The van der Waals surface area contributed by atoms with Crippen LogP contribution < -0.4 is 5.32 Å². The van der Waals surface area contributed by atoms with Crippen molar-refractivity contribution in [2.75, 3.05) is 72.5 Å². The first-order valence-electron chi connectivity index (χ1n) is 12.4. The number of piperazine rings is 1. The van der Waals surface area contributed by atoms with E-state index in [4.69, 9.17) is 4.98 Å². The number of piperidine rings is 1. The molecule has 2 saturated heterocycles. The summed E-state index contributed by atoms with van der Waals surface area (Å²) in [5.41, 5.74) is 4.76. The van der Waals surface area contributed by atoms with E-state index in [0.717, 1.165) is 76.6 Å².